The molecule has 0 aliphatic rings. The summed E-state index contributed by atoms with van der Waals surface area (Å²) >= 11 is 0. The van der Waals surface area contributed by atoms with Gasteiger partial charge in [-0.1, -0.05) is 271 Å². The first-order chi connectivity index (χ1) is 35.5. The molecule has 0 heterocycles. The van der Waals surface area contributed by atoms with Crippen LogP contribution in [0.5, 0.6) is 0 Å². The Balaban J connectivity index is 4.48. The topological polar surface area (TPSA) is 78.9 Å². The van der Waals surface area contributed by atoms with Crippen LogP contribution in [0.1, 0.15) is 271 Å². The Labute approximate surface area is 444 Å². The Morgan fingerprint density at radius 1 is 0.292 bits per heavy atom. The van der Waals surface area contributed by atoms with Crippen LogP contribution in [0.15, 0.2) is 109 Å². The normalized spacial score (nSPS) is 12.9. The fourth-order valence-electron chi connectivity index (χ4n) is 8.13. The first kappa shape index (κ1) is 68.1. The largest absolute Gasteiger partial charge is 0.462 e. The molecule has 0 aromatic carbocycles. The van der Waals surface area contributed by atoms with Crippen LogP contribution in [0.25, 0.3) is 0 Å². The van der Waals surface area contributed by atoms with Gasteiger partial charge in [0.05, 0.1) is 0 Å². The summed E-state index contributed by atoms with van der Waals surface area (Å²) in [6.45, 7) is 6.36. The van der Waals surface area contributed by atoms with Gasteiger partial charge in [0.25, 0.3) is 0 Å². The van der Waals surface area contributed by atoms with E-state index in [1.807, 2.05) is 6.08 Å². The minimum atomic E-state index is -0.815. The van der Waals surface area contributed by atoms with E-state index >= 15 is 0 Å². The number of carbonyl (C=O) groups excluding carboxylic acids is 3. The van der Waals surface area contributed by atoms with Crippen molar-refractivity contribution in [3.63, 3.8) is 0 Å². The highest BCUT2D eigenvalue weighted by atomic mass is 16.6. The highest BCUT2D eigenvalue weighted by Crippen LogP contribution is 2.16. The van der Waals surface area contributed by atoms with E-state index in [2.05, 4.69) is 124 Å². The van der Waals surface area contributed by atoms with Crippen LogP contribution in [-0.4, -0.2) is 37.2 Å². The number of hydrogen-bond donors (Lipinski definition) is 0. The van der Waals surface area contributed by atoms with Crippen LogP contribution in [0.4, 0.5) is 0 Å². The number of carbonyl (C=O) groups is 3. The molecule has 72 heavy (non-hydrogen) atoms. The minimum Gasteiger partial charge on any atom is -0.462 e. The minimum absolute atomic E-state index is 0.108. The van der Waals surface area contributed by atoms with E-state index in [0.717, 1.165) is 109 Å². The van der Waals surface area contributed by atoms with Gasteiger partial charge in [-0.3, -0.25) is 14.4 Å². The number of unbranched alkanes of at least 4 members (excludes halogenated alkanes) is 24. The van der Waals surface area contributed by atoms with E-state index in [1.165, 1.54) is 116 Å². The van der Waals surface area contributed by atoms with Gasteiger partial charge < -0.3 is 14.2 Å². The third-order valence-electron chi connectivity index (χ3n) is 12.5. The quantitative estimate of drug-likeness (QED) is 0.0261. The van der Waals surface area contributed by atoms with Crippen LogP contribution in [-0.2, 0) is 28.6 Å². The van der Waals surface area contributed by atoms with Crippen molar-refractivity contribution in [1.29, 1.82) is 0 Å². The van der Waals surface area contributed by atoms with Gasteiger partial charge >= 0.3 is 17.9 Å². The van der Waals surface area contributed by atoms with E-state index < -0.39 is 6.10 Å². The predicted molar refractivity (Wildman–Crippen MR) is 311 cm³/mol. The molecule has 0 saturated carbocycles. The maximum absolute atomic E-state index is 12.9. The summed E-state index contributed by atoms with van der Waals surface area (Å²) in [6, 6.07) is 0. The standard InChI is InChI=1S/C66H110O6/c1-4-7-10-13-16-19-22-25-28-31-33-35-38-41-44-47-50-53-56-59-65(68)71-62-63(61-70-64(67)58-55-52-49-46-43-40-37-30-27-24-21-18-15-12-9-6-3)72-66(69)60-57-54-51-48-45-42-39-36-34-32-29-26-23-20-17-14-11-8-5-2/h7,9-10,12,16,18-19,21,25,27-28,30,33,35,40,43,49,52,63H,4-6,8,11,13-15,17,20,22-24,26,29,31-32,34,36-39,41-42,44-48,50-51,53-62H2,1-3H3/b10-7-,12-9-,19-16-,21-18-,28-25-,30-27-,35-33-,43-40-,52-49-. The maximum atomic E-state index is 12.9. The smallest absolute Gasteiger partial charge is 0.306 e. The molecule has 0 N–H and O–H groups in total. The number of esters is 3. The molecule has 410 valence electrons. The van der Waals surface area contributed by atoms with Crippen molar-refractivity contribution in [1.82, 2.24) is 0 Å². The fourth-order valence-corrected chi connectivity index (χ4v) is 8.13. The summed E-state index contributed by atoms with van der Waals surface area (Å²) in [5.74, 6) is -1.00. The summed E-state index contributed by atoms with van der Waals surface area (Å²) in [6.07, 6.45) is 81.0. The summed E-state index contributed by atoms with van der Waals surface area (Å²) < 4.78 is 16.8. The molecule has 0 saturated heterocycles. The van der Waals surface area contributed by atoms with Crippen LogP contribution >= 0.6 is 0 Å². The van der Waals surface area contributed by atoms with E-state index in [-0.39, 0.29) is 37.5 Å². The Kier molecular flexibility index (Phi) is 56.4. The molecule has 0 radical (unpaired) electrons. The summed E-state index contributed by atoms with van der Waals surface area (Å²) in [7, 11) is 0. The lowest BCUT2D eigenvalue weighted by atomic mass is 10.0. The van der Waals surface area contributed by atoms with Gasteiger partial charge in [0.2, 0.25) is 0 Å². The molecule has 0 bridgehead atoms. The van der Waals surface area contributed by atoms with Gasteiger partial charge in [0.1, 0.15) is 13.2 Å². The van der Waals surface area contributed by atoms with Crippen molar-refractivity contribution in [2.24, 2.45) is 0 Å². The van der Waals surface area contributed by atoms with Crippen molar-refractivity contribution in [2.75, 3.05) is 13.2 Å². The summed E-state index contributed by atoms with van der Waals surface area (Å²) in [5, 5.41) is 0. The van der Waals surface area contributed by atoms with Gasteiger partial charge in [-0.25, -0.2) is 0 Å². The lowest BCUT2D eigenvalue weighted by Gasteiger charge is -2.18. The fraction of sp³-hybridized carbons (Fsp3) is 0.682. The number of rotatable bonds is 53. The third kappa shape index (κ3) is 57.0. The Hall–Kier alpha value is -3.93. The molecule has 0 aromatic heterocycles. The molecule has 0 spiro atoms. The van der Waals surface area contributed by atoms with Crippen LogP contribution in [0.2, 0.25) is 0 Å². The van der Waals surface area contributed by atoms with Gasteiger partial charge in [-0.05, 0) is 89.9 Å². The maximum Gasteiger partial charge on any atom is 0.306 e. The predicted octanol–water partition coefficient (Wildman–Crippen LogP) is 20.3. The summed E-state index contributed by atoms with van der Waals surface area (Å²) in [5.41, 5.74) is 0. The molecule has 0 rings (SSSR count). The Morgan fingerprint density at radius 3 is 0.931 bits per heavy atom. The second kappa shape index (κ2) is 59.6. The molecule has 0 aliphatic carbocycles. The van der Waals surface area contributed by atoms with Gasteiger partial charge in [0, 0.05) is 19.3 Å². The summed E-state index contributed by atoms with van der Waals surface area (Å²) in [4.78, 5) is 38.2. The number of hydrogen-bond acceptors (Lipinski definition) is 6. The van der Waals surface area contributed by atoms with E-state index in [0.29, 0.717) is 19.3 Å². The first-order valence-electron chi connectivity index (χ1n) is 29.9. The molecule has 0 amide bonds. The van der Waals surface area contributed by atoms with Crippen molar-refractivity contribution >= 4 is 17.9 Å². The van der Waals surface area contributed by atoms with Crippen LogP contribution in [0, 0.1) is 0 Å². The zero-order valence-corrected chi connectivity index (χ0v) is 46.9. The zero-order chi connectivity index (χ0) is 52.2. The van der Waals surface area contributed by atoms with Crippen LogP contribution in [0.3, 0.4) is 0 Å². The number of ether oxygens (including phenoxy) is 3. The average molecular weight is 1000 g/mol. The Morgan fingerprint density at radius 2 is 0.569 bits per heavy atom. The third-order valence-corrected chi connectivity index (χ3v) is 12.5. The SMILES string of the molecule is CC/C=C\C/C=C\C/C=C\C/C=C\C/C=C\CCC(=O)OCC(COC(=O)CCCCCCCC/C=C\C/C=C\C/C=C\C/C=C\CC)OC(=O)CCCCCCCCCCCCCCCCCCCCC. The molecular formula is C66H110O6. The molecular weight excluding hydrogens is 889 g/mol. The van der Waals surface area contributed by atoms with Gasteiger partial charge in [-0.15, -0.1) is 0 Å². The number of allylic oxidation sites excluding steroid dienone is 18. The highest BCUT2D eigenvalue weighted by Gasteiger charge is 2.19. The lowest BCUT2D eigenvalue weighted by Crippen LogP contribution is -2.30. The Bertz CT molecular complexity index is 1470. The van der Waals surface area contributed by atoms with Crippen molar-refractivity contribution in [3.05, 3.63) is 109 Å². The van der Waals surface area contributed by atoms with Crippen LogP contribution < -0.4 is 0 Å². The van der Waals surface area contributed by atoms with E-state index in [4.69, 9.17) is 14.2 Å². The van der Waals surface area contributed by atoms with E-state index in [9.17, 15) is 14.4 Å². The molecule has 0 aliphatic heterocycles. The van der Waals surface area contributed by atoms with Crippen molar-refractivity contribution < 1.29 is 28.6 Å². The molecule has 6 nitrogen and oxygen atoms in total. The zero-order valence-electron chi connectivity index (χ0n) is 46.9. The second-order valence-corrected chi connectivity index (χ2v) is 19.5. The molecule has 6 heteroatoms. The highest BCUT2D eigenvalue weighted by molar-refractivity contribution is 5.71. The second-order valence-electron chi connectivity index (χ2n) is 19.5. The molecule has 1 unspecified atom stereocenters. The van der Waals surface area contributed by atoms with E-state index in [1.54, 1.807) is 0 Å². The molecule has 0 aromatic rings. The van der Waals surface area contributed by atoms with Crippen molar-refractivity contribution in [3.8, 4) is 0 Å². The van der Waals surface area contributed by atoms with Gasteiger partial charge in [-0.2, -0.15) is 0 Å². The lowest BCUT2D eigenvalue weighted by molar-refractivity contribution is -0.166. The first-order valence-corrected chi connectivity index (χ1v) is 29.9. The molecule has 0 fully saturated rings. The van der Waals surface area contributed by atoms with Crippen molar-refractivity contribution in [2.45, 2.75) is 277 Å². The van der Waals surface area contributed by atoms with Gasteiger partial charge in [0.15, 0.2) is 6.10 Å². The average Bonchev–Trinajstić information content (AvgIpc) is 3.38. The molecule has 1 atom stereocenters. The monoisotopic (exact) mass is 999 g/mol.